The predicted octanol–water partition coefficient (Wildman–Crippen LogP) is 0.421. The highest BCUT2D eigenvalue weighted by molar-refractivity contribution is 5.95. The van der Waals surface area contributed by atoms with Crippen molar-refractivity contribution in [3.05, 3.63) is 53.8 Å². The van der Waals surface area contributed by atoms with E-state index in [0.717, 1.165) is 0 Å². The molecule has 9 heteroatoms. The van der Waals surface area contributed by atoms with Crippen LogP contribution in [-0.4, -0.2) is 70.2 Å². The zero-order valence-electron chi connectivity index (χ0n) is 16.4. The van der Waals surface area contributed by atoms with E-state index in [1.807, 2.05) is 0 Å². The molecule has 162 valence electrons. The maximum absolute atomic E-state index is 14.7. The van der Waals surface area contributed by atoms with Crippen LogP contribution in [0.25, 0.3) is 11.1 Å². The van der Waals surface area contributed by atoms with Gasteiger partial charge in [-0.05, 0) is 42.3 Å². The van der Waals surface area contributed by atoms with Gasteiger partial charge in [-0.25, -0.2) is 4.39 Å². The molecular formula is C21H24FNO7. The molecule has 1 aliphatic heterocycles. The standard InChI is InChI=1S/C21H24FNO7/c1-21(28)18(26)17(25)16(10-24)30-20(21)29-15-7-6-12(9-14(15)22)11-4-3-5-13(8-11)19(27)23-2/h3-9,16-18,20,24-26,28H,10H2,1-2H3,(H,23,27)/t16-,17-,18+,20+,21+/m1/s1. The average Bonchev–Trinajstić information content (AvgIpc) is 2.75. The summed E-state index contributed by atoms with van der Waals surface area (Å²) < 4.78 is 25.5. The van der Waals surface area contributed by atoms with Crippen molar-refractivity contribution in [2.24, 2.45) is 0 Å². The number of aliphatic hydroxyl groups is 4. The number of carbonyl (C=O) groups is 1. The number of carbonyl (C=O) groups excluding carboxylic acids is 1. The van der Waals surface area contributed by atoms with Gasteiger partial charge in [0.2, 0.25) is 6.29 Å². The van der Waals surface area contributed by atoms with Crippen molar-refractivity contribution in [3.63, 3.8) is 0 Å². The number of amides is 1. The van der Waals surface area contributed by atoms with Gasteiger partial charge in [0, 0.05) is 12.6 Å². The Morgan fingerprint density at radius 1 is 1.23 bits per heavy atom. The zero-order chi connectivity index (χ0) is 22.1. The molecule has 1 aliphatic rings. The van der Waals surface area contributed by atoms with Crippen molar-refractivity contribution >= 4 is 5.91 Å². The summed E-state index contributed by atoms with van der Waals surface area (Å²) in [6, 6.07) is 10.7. The Bertz CT molecular complexity index is 920. The number of aliphatic hydroxyl groups excluding tert-OH is 3. The first-order valence-electron chi connectivity index (χ1n) is 9.32. The summed E-state index contributed by atoms with van der Waals surface area (Å²) in [5.74, 6) is -1.29. The van der Waals surface area contributed by atoms with Gasteiger partial charge in [0.15, 0.2) is 17.2 Å². The van der Waals surface area contributed by atoms with Gasteiger partial charge in [-0.15, -0.1) is 0 Å². The van der Waals surface area contributed by atoms with E-state index in [1.165, 1.54) is 26.1 Å². The molecule has 0 radical (unpaired) electrons. The number of hydrogen-bond donors (Lipinski definition) is 5. The second-order valence-electron chi connectivity index (χ2n) is 7.27. The number of hydrogen-bond acceptors (Lipinski definition) is 7. The fourth-order valence-corrected chi connectivity index (χ4v) is 3.24. The molecule has 2 aromatic rings. The molecule has 30 heavy (non-hydrogen) atoms. The van der Waals surface area contributed by atoms with Crippen LogP contribution in [0.2, 0.25) is 0 Å². The van der Waals surface area contributed by atoms with Gasteiger partial charge < -0.3 is 35.2 Å². The minimum Gasteiger partial charge on any atom is -0.459 e. The molecule has 0 aromatic heterocycles. The van der Waals surface area contributed by atoms with E-state index in [1.54, 1.807) is 30.3 Å². The summed E-state index contributed by atoms with van der Waals surface area (Å²) >= 11 is 0. The highest BCUT2D eigenvalue weighted by Crippen LogP contribution is 2.33. The normalized spacial score (nSPS) is 28.8. The number of benzene rings is 2. The van der Waals surface area contributed by atoms with Crippen LogP contribution in [0.3, 0.4) is 0 Å². The molecule has 1 saturated heterocycles. The molecule has 0 saturated carbocycles. The van der Waals surface area contributed by atoms with Crippen molar-refractivity contribution in [2.45, 2.75) is 37.1 Å². The number of nitrogens with one attached hydrogen (secondary N) is 1. The first kappa shape index (κ1) is 22.1. The first-order valence-corrected chi connectivity index (χ1v) is 9.32. The van der Waals surface area contributed by atoms with Crippen LogP contribution in [-0.2, 0) is 4.74 Å². The lowest BCUT2D eigenvalue weighted by molar-refractivity contribution is -0.315. The third kappa shape index (κ3) is 4.16. The number of rotatable bonds is 5. The molecule has 5 N–H and O–H groups in total. The van der Waals surface area contributed by atoms with Crippen molar-refractivity contribution in [3.8, 4) is 16.9 Å². The minimum absolute atomic E-state index is 0.258. The zero-order valence-corrected chi connectivity index (χ0v) is 16.4. The van der Waals surface area contributed by atoms with E-state index in [2.05, 4.69) is 5.32 Å². The SMILES string of the molecule is CNC(=O)c1cccc(-c2ccc(O[C@H]3O[C@H](CO)[C@@H](O)[C@H](O)[C@]3(C)O)c(F)c2)c1. The van der Waals surface area contributed by atoms with E-state index >= 15 is 0 Å². The lowest BCUT2D eigenvalue weighted by Crippen LogP contribution is -2.66. The molecule has 1 fully saturated rings. The Morgan fingerprint density at radius 2 is 1.93 bits per heavy atom. The third-order valence-corrected chi connectivity index (χ3v) is 5.11. The van der Waals surface area contributed by atoms with E-state index in [-0.39, 0.29) is 11.7 Å². The number of halogens is 1. The summed E-state index contributed by atoms with van der Waals surface area (Å²) in [5.41, 5.74) is -0.533. The van der Waals surface area contributed by atoms with Gasteiger partial charge in [0.25, 0.3) is 5.91 Å². The molecule has 3 rings (SSSR count). The summed E-state index contributed by atoms with van der Waals surface area (Å²) in [4.78, 5) is 11.8. The second-order valence-corrected chi connectivity index (χ2v) is 7.27. The number of ether oxygens (including phenoxy) is 2. The van der Waals surface area contributed by atoms with Crippen LogP contribution < -0.4 is 10.1 Å². The lowest BCUT2D eigenvalue weighted by Gasteiger charge is -2.45. The maximum Gasteiger partial charge on any atom is 0.251 e. The van der Waals surface area contributed by atoms with Crippen LogP contribution in [0.5, 0.6) is 5.75 Å². The van der Waals surface area contributed by atoms with Gasteiger partial charge in [-0.2, -0.15) is 0 Å². The van der Waals surface area contributed by atoms with Crippen LogP contribution in [0.4, 0.5) is 4.39 Å². The molecule has 0 aliphatic carbocycles. The van der Waals surface area contributed by atoms with Crippen molar-refractivity contribution in [1.82, 2.24) is 5.32 Å². The predicted molar refractivity (Wildman–Crippen MR) is 104 cm³/mol. The summed E-state index contributed by atoms with van der Waals surface area (Å²) in [5, 5.41) is 42.3. The molecule has 8 nitrogen and oxygen atoms in total. The summed E-state index contributed by atoms with van der Waals surface area (Å²) in [7, 11) is 1.51. The Morgan fingerprint density at radius 3 is 2.57 bits per heavy atom. The largest absolute Gasteiger partial charge is 0.459 e. The molecule has 0 unspecified atom stereocenters. The van der Waals surface area contributed by atoms with Crippen LogP contribution >= 0.6 is 0 Å². The van der Waals surface area contributed by atoms with Crippen molar-refractivity contribution in [1.29, 1.82) is 0 Å². The molecule has 0 bridgehead atoms. The summed E-state index contributed by atoms with van der Waals surface area (Å²) in [6.45, 7) is 0.549. The molecule has 1 heterocycles. The molecule has 1 amide bonds. The Hall–Kier alpha value is -2.56. The highest BCUT2D eigenvalue weighted by atomic mass is 19.1. The maximum atomic E-state index is 14.7. The first-order chi connectivity index (χ1) is 14.2. The fourth-order valence-electron chi connectivity index (χ4n) is 3.24. The monoisotopic (exact) mass is 421 g/mol. The second kappa shape index (κ2) is 8.66. The topological polar surface area (TPSA) is 128 Å². The summed E-state index contributed by atoms with van der Waals surface area (Å²) in [6.07, 6.45) is -5.96. The van der Waals surface area contributed by atoms with Gasteiger partial charge in [-0.3, -0.25) is 4.79 Å². The molecule has 5 atom stereocenters. The third-order valence-electron chi connectivity index (χ3n) is 5.11. The van der Waals surface area contributed by atoms with Gasteiger partial charge in [0.05, 0.1) is 6.61 Å². The highest BCUT2D eigenvalue weighted by Gasteiger charge is 2.53. The Labute approximate surface area is 172 Å². The molecule has 2 aromatic carbocycles. The smallest absolute Gasteiger partial charge is 0.251 e. The van der Waals surface area contributed by atoms with Crippen LogP contribution in [0.1, 0.15) is 17.3 Å². The van der Waals surface area contributed by atoms with Gasteiger partial charge in [-0.1, -0.05) is 18.2 Å². The minimum atomic E-state index is -2.06. The van der Waals surface area contributed by atoms with E-state index in [0.29, 0.717) is 16.7 Å². The van der Waals surface area contributed by atoms with Crippen molar-refractivity contribution < 1.29 is 39.1 Å². The van der Waals surface area contributed by atoms with Crippen LogP contribution in [0.15, 0.2) is 42.5 Å². The molecular weight excluding hydrogens is 397 g/mol. The lowest BCUT2D eigenvalue weighted by atomic mass is 9.88. The van der Waals surface area contributed by atoms with Gasteiger partial charge in [0.1, 0.15) is 18.3 Å². The quantitative estimate of drug-likeness (QED) is 0.473. The van der Waals surface area contributed by atoms with Gasteiger partial charge >= 0.3 is 0 Å². The Balaban J connectivity index is 1.85. The Kier molecular flexibility index (Phi) is 6.39. The van der Waals surface area contributed by atoms with Crippen molar-refractivity contribution in [2.75, 3.05) is 13.7 Å². The van der Waals surface area contributed by atoms with E-state index in [9.17, 15) is 29.6 Å². The van der Waals surface area contributed by atoms with E-state index in [4.69, 9.17) is 9.47 Å². The van der Waals surface area contributed by atoms with Crippen LogP contribution in [0, 0.1) is 5.82 Å². The molecule has 0 spiro atoms. The fraction of sp³-hybridized carbons (Fsp3) is 0.381. The van der Waals surface area contributed by atoms with E-state index < -0.39 is 42.6 Å². The average molecular weight is 421 g/mol.